The Bertz CT molecular complexity index is 378. The van der Waals surface area contributed by atoms with Gasteiger partial charge in [-0.05, 0) is 26.8 Å². The summed E-state index contributed by atoms with van der Waals surface area (Å²) >= 11 is 0. The highest BCUT2D eigenvalue weighted by Crippen LogP contribution is 2.15. The zero-order chi connectivity index (χ0) is 13.5. The van der Waals surface area contributed by atoms with E-state index in [2.05, 4.69) is 10.3 Å². The van der Waals surface area contributed by atoms with Gasteiger partial charge in [-0.2, -0.15) is 0 Å². The van der Waals surface area contributed by atoms with Crippen molar-refractivity contribution in [3.8, 4) is 5.88 Å². The Morgan fingerprint density at radius 2 is 2.17 bits per heavy atom. The van der Waals surface area contributed by atoms with E-state index in [0.717, 1.165) is 5.69 Å². The van der Waals surface area contributed by atoms with Crippen LogP contribution >= 0.6 is 0 Å². The second-order valence-corrected chi connectivity index (χ2v) is 4.06. The fraction of sp³-hybridized carbons (Fsp3) is 0.538. The molecule has 0 radical (unpaired) electrons. The smallest absolute Gasteiger partial charge is 0.310 e. The summed E-state index contributed by atoms with van der Waals surface area (Å²) in [6, 6.07) is 3.64. The average molecular weight is 252 g/mol. The van der Waals surface area contributed by atoms with Gasteiger partial charge >= 0.3 is 5.97 Å². The molecule has 0 fully saturated rings. The highest BCUT2D eigenvalue weighted by molar-refractivity contribution is 5.73. The first-order valence-corrected chi connectivity index (χ1v) is 6.01. The number of anilines is 1. The summed E-state index contributed by atoms with van der Waals surface area (Å²) in [6.07, 6.45) is 1.69. The van der Waals surface area contributed by atoms with E-state index >= 15 is 0 Å². The molecular formula is C13H20N2O3. The van der Waals surface area contributed by atoms with Crippen LogP contribution in [0, 0.1) is 5.92 Å². The van der Waals surface area contributed by atoms with E-state index in [1.54, 1.807) is 12.3 Å². The lowest BCUT2D eigenvalue weighted by Gasteiger charge is -2.20. The fourth-order valence-corrected chi connectivity index (χ4v) is 1.48. The minimum atomic E-state index is -0.228. The fourth-order valence-electron chi connectivity index (χ4n) is 1.48. The van der Waals surface area contributed by atoms with Gasteiger partial charge in [-0.25, -0.2) is 4.98 Å². The van der Waals surface area contributed by atoms with Crippen molar-refractivity contribution in [1.29, 1.82) is 0 Å². The van der Waals surface area contributed by atoms with Gasteiger partial charge in [-0.15, -0.1) is 0 Å². The van der Waals surface area contributed by atoms with E-state index in [1.807, 2.05) is 26.8 Å². The number of nitrogens with zero attached hydrogens (tertiary/aromatic N) is 1. The minimum absolute atomic E-state index is 0.0304. The molecule has 0 aliphatic rings. The lowest BCUT2D eigenvalue weighted by atomic mass is 10.0. The van der Waals surface area contributed by atoms with Crippen LogP contribution in [-0.2, 0) is 9.53 Å². The molecule has 1 aromatic rings. The number of aromatic nitrogens is 1. The Morgan fingerprint density at radius 3 is 2.67 bits per heavy atom. The minimum Gasteiger partial charge on any atom is -0.478 e. The van der Waals surface area contributed by atoms with Crippen LogP contribution in [0.5, 0.6) is 5.88 Å². The lowest BCUT2D eigenvalue weighted by Crippen LogP contribution is -2.30. The summed E-state index contributed by atoms with van der Waals surface area (Å²) in [7, 11) is 1.39. The van der Waals surface area contributed by atoms with Crippen LogP contribution in [0.3, 0.4) is 0 Å². The highest BCUT2D eigenvalue weighted by Gasteiger charge is 2.20. The van der Waals surface area contributed by atoms with Crippen LogP contribution in [0.4, 0.5) is 5.69 Å². The lowest BCUT2D eigenvalue weighted by molar-refractivity contribution is -0.145. The number of nitrogens with one attached hydrogen (secondary N) is 1. The molecule has 0 saturated carbocycles. The number of ether oxygens (including phenoxy) is 2. The monoisotopic (exact) mass is 252 g/mol. The van der Waals surface area contributed by atoms with Crippen LogP contribution in [-0.4, -0.2) is 30.7 Å². The first-order chi connectivity index (χ1) is 8.58. The number of hydrogen-bond acceptors (Lipinski definition) is 5. The predicted octanol–water partition coefficient (Wildman–Crippen LogP) is 2.09. The van der Waals surface area contributed by atoms with Gasteiger partial charge in [0.25, 0.3) is 0 Å². The Labute approximate surface area is 108 Å². The van der Waals surface area contributed by atoms with E-state index < -0.39 is 0 Å². The largest absolute Gasteiger partial charge is 0.478 e. The number of esters is 1. The number of carbonyl (C=O) groups excluding carboxylic acids is 1. The molecule has 1 aromatic heterocycles. The summed E-state index contributed by atoms with van der Waals surface area (Å²) in [6.45, 7) is 6.26. The molecule has 5 nitrogen and oxygen atoms in total. The van der Waals surface area contributed by atoms with Crippen molar-refractivity contribution in [1.82, 2.24) is 4.98 Å². The Hall–Kier alpha value is -1.78. The number of carbonyl (C=O) groups is 1. The third-order valence-electron chi connectivity index (χ3n) is 2.75. The Balaban J connectivity index is 2.58. The standard InChI is InChI=1S/C13H20N2O3/c1-5-18-12-7-6-11(8-14-12)15-10(3)9(2)13(16)17-4/h6-10,15H,5H2,1-4H3. The van der Waals surface area contributed by atoms with Gasteiger partial charge in [0.2, 0.25) is 5.88 Å². The number of pyridine rings is 1. The van der Waals surface area contributed by atoms with E-state index in [-0.39, 0.29) is 17.9 Å². The van der Waals surface area contributed by atoms with Crippen LogP contribution in [0.1, 0.15) is 20.8 Å². The number of methoxy groups -OCH3 is 1. The van der Waals surface area contributed by atoms with Crippen molar-refractivity contribution >= 4 is 11.7 Å². The molecule has 0 aliphatic heterocycles. The van der Waals surface area contributed by atoms with Crippen molar-refractivity contribution in [3.63, 3.8) is 0 Å². The second kappa shape index (κ2) is 6.83. The van der Waals surface area contributed by atoms with Crippen molar-refractivity contribution in [3.05, 3.63) is 18.3 Å². The normalized spacial score (nSPS) is 13.6. The van der Waals surface area contributed by atoms with E-state index in [4.69, 9.17) is 9.47 Å². The first-order valence-electron chi connectivity index (χ1n) is 6.01. The molecule has 100 valence electrons. The molecule has 0 spiro atoms. The van der Waals surface area contributed by atoms with Gasteiger partial charge in [0.1, 0.15) is 0 Å². The second-order valence-electron chi connectivity index (χ2n) is 4.06. The predicted molar refractivity (Wildman–Crippen MR) is 69.7 cm³/mol. The molecule has 1 rings (SSSR count). The third-order valence-corrected chi connectivity index (χ3v) is 2.75. The highest BCUT2D eigenvalue weighted by atomic mass is 16.5. The number of hydrogen-bond donors (Lipinski definition) is 1. The topological polar surface area (TPSA) is 60.5 Å². The average Bonchev–Trinajstić information content (AvgIpc) is 2.39. The molecular weight excluding hydrogens is 232 g/mol. The third kappa shape index (κ3) is 3.91. The molecule has 2 atom stereocenters. The maximum Gasteiger partial charge on any atom is 0.310 e. The molecule has 0 amide bonds. The molecule has 0 bridgehead atoms. The Morgan fingerprint density at radius 1 is 1.44 bits per heavy atom. The molecule has 0 aromatic carbocycles. The molecule has 0 aliphatic carbocycles. The Kier molecular flexibility index (Phi) is 5.42. The molecule has 1 N–H and O–H groups in total. The maximum atomic E-state index is 11.4. The quantitative estimate of drug-likeness (QED) is 0.785. The summed E-state index contributed by atoms with van der Waals surface area (Å²) in [5.74, 6) is 0.146. The molecule has 1 heterocycles. The van der Waals surface area contributed by atoms with Crippen molar-refractivity contribution < 1.29 is 14.3 Å². The van der Waals surface area contributed by atoms with Gasteiger partial charge < -0.3 is 14.8 Å². The maximum absolute atomic E-state index is 11.4. The zero-order valence-electron chi connectivity index (χ0n) is 11.3. The summed E-state index contributed by atoms with van der Waals surface area (Å²) < 4.78 is 9.96. The van der Waals surface area contributed by atoms with Crippen LogP contribution in [0.2, 0.25) is 0 Å². The van der Waals surface area contributed by atoms with Crippen molar-refractivity contribution in [2.24, 2.45) is 5.92 Å². The van der Waals surface area contributed by atoms with E-state index in [9.17, 15) is 4.79 Å². The van der Waals surface area contributed by atoms with Gasteiger partial charge in [0.05, 0.1) is 31.5 Å². The molecule has 5 heteroatoms. The summed E-state index contributed by atoms with van der Waals surface area (Å²) in [5, 5.41) is 3.21. The van der Waals surface area contributed by atoms with Crippen LogP contribution < -0.4 is 10.1 Å². The number of rotatable bonds is 6. The SMILES string of the molecule is CCOc1ccc(NC(C)C(C)C(=O)OC)cn1. The van der Waals surface area contributed by atoms with E-state index in [0.29, 0.717) is 12.5 Å². The van der Waals surface area contributed by atoms with Gasteiger partial charge in [-0.1, -0.05) is 0 Å². The first kappa shape index (κ1) is 14.3. The van der Waals surface area contributed by atoms with Crippen LogP contribution in [0.25, 0.3) is 0 Å². The van der Waals surface area contributed by atoms with Gasteiger partial charge in [0, 0.05) is 12.1 Å². The van der Waals surface area contributed by atoms with Gasteiger partial charge in [0.15, 0.2) is 0 Å². The summed E-state index contributed by atoms with van der Waals surface area (Å²) in [5.41, 5.74) is 0.849. The molecule has 0 saturated heterocycles. The molecule has 2 unspecified atom stereocenters. The molecule has 18 heavy (non-hydrogen) atoms. The van der Waals surface area contributed by atoms with E-state index in [1.165, 1.54) is 7.11 Å². The zero-order valence-corrected chi connectivity index (χ0v) is 11.3. The van der Waals surface area contributed by atoms with Crippen LogP contribution in [0.15, 0.2) is 18.3 Å². The van der Waals surface area contributed by atoms with Crippen molar-refractivity contribution in [2.45, 2.75) is 26.8 Å². The summed E-state index contributed by atoms with van der Waals surface area (Å²) in [4.78, 5) is 15.5. The van der Waals surface area contributed by atoms with Crippen molar-refractivity contribution in [2.75, 3.05) is 19.0 Å². The van der Waals surface area contributed by atoms with Gasteiger partial charge in [-0.3, -0.25) is 4.79 Å².